The predicted molar refractivity (Wildman–Crippen MR) is 227 cm³/mol. The molecule has 2 heterocycles. The summed E-state index contributed by atoms with van der Waals surface area (Å²) in [7, 11) is 0. The first-order valence-electron chi connectivity index (χ1n) is 19.0. The Morgan fingerprint density at radius 3 is 1.83 bits per heavy atom. The summed E-state index contributed by atoms with van der Waals surface area (Å²) < 4.78 is 0. The number of para-hydroxylation sites is 3. The fraction of sp³-hybridized carbons (Fsp3) is 0.160. The summed E-state index contributed by atoms with van der Waals surface area (Å²) in [6.07, 6.45) is 0.905. The van der Waals surface area contributed by atoms with Crippen LogP contribution < -0.4 is 26.2 Å². The molecule has 1 atom stereocenters. The van der Waals surface area contributed by atoms with Gasteiger partial charge in [-0.15, -0.1) is 0 Å². The van der Waals surface area contributed by atoms with Gasteiger partial charge in [0.25, 0.3) is 6.71 Å². The molecule has 0 aromatic heterocycles. The van der Waals surface area contributed by atoms with Crippen LogP contribution in [-0.4, -0.2) is 6.71 Å². The van der Waals surface area contributed by atoms with Gasteiger partial charge in [-0.2, -0.15) is 0 Å². The van der Waals surface area contributed by atoms with E-state index in [9.17, 15) is 0 Å². The highest BCUT2D eigenvalue weighted by molar-refractivity contribution is 7.00. The third-order valence-corrected chi connectivity index (χ3v) is 11.4. The fourth-order valence-electron chi connectivity index (χ4n) is 8.79. The van der Waals surface area contributed by atoms with Crippen LogP contribution in [0.5, 0.6) is 0 Å². The average Bonchev–Trinajstić information content (AvgIpc) is 3.18. The Kier molecular flexibility index (Phi) is 8.11. The van der Waals surface area contributed by atoms with Crippen LogP contribution in [0.15, 0.2) is 164 Å². The van der Waals surface area contributed by atoms with E-state index in [0.29, 0.717) is 0 Å². The lowest BCUT2D eigenvalue weighted by Gasteiger charge is -2.45. The summed E-state index contributed by atoms with van der Waals surface area (Å²) in [4.78, 5) is 5.14. The number of anilines is 6. The minimum atomic E-state index is 0.00145. The van der Waals surface area contributed by atoms with Gasteiger partial charge >= 0.3 is 0 Å². The van der Waals surface area contributed by atoms with Crippen molar-refractivity contribution in [1.82, 2.24) is 0 Å². The molecule has 0 saturated carbocycles. The molecule has 7 aromatic carbocycles. The minimum Gasteiger partial charge on any atom is -0.311 e. The first-order chi connectivity index (χ1) is 25.8. The van der Waals surface area contributed by atoms with Gasteiger partial charge in [0.15, 0.2) is 0 Å². The van der Waals surface area contributed by atoms with Gasteiger partial charge in [-0.25, -0.2) is 0 Å². The maximum atomic E-state index is 2.58. The van der Waals surface area contributed by atoms with Crippen LogP contribution in [0.3, 0.4) is 0 Å². The Hall–Kier alpha value is -5.80. The van der Waals surface area contributed by atoms with E-state index in [1.807, 2.05) is 0 Å². The molecule has 1 unspecified atom stereocenters. The maximum absolute atomic E-state index is 2.58. The Morgan fingerprint density at radius 2 is 1.13 bits per heavy atom. The van der Waals surface area contributed by atoms with Gasteiger partial charge in [-0.3, -0.25) is 0 Å². The molecule has 258 valence electrons. The van der Waals surface area contributed by atoms with Crippen LogP contribution in [0.4, 0.5) is 34.1 Å². The highest BCUT2D eigenvalue weighted by atomic mass is 15.2. The highest BCUT2D eigenvalue weighted by Gasteiger charge is 2.44. The molecule has 0 amide bonds. The Labute approximate surface area is 315 Å². The zero-order valence-electron chi connectivity index (χ0n) is 31.3. The van der Waals surface area contributed by atoms with E-state index in [4.69, 9.17) is 0 Å². The van der Waals surface area contributed by atoms with Crippen LogP contribution >= 0.6 is 0 Å². The number of benzene rings is 7. The van der Waals surface area contributed by atoms with Gasteiger partial charge in [-0.1, -0.05) is 148 Å². The van der Waals surface area contributed by atoms with Crippen molar-refractivity contribution in [2.45, 2.75) is 52.4 Å². The summed E-state index contributed by atoms with van der Waals surface area (Å²) in [5.74, 6) is 0.149. The smallest absolute Gasteiger partial charge is 0.252 e. The maximum Gasteiger partial charge on any atom is 0.252 e. The first-order valence-corrected chi connectivity index (χ1v) is 19.0. The monoisotopic (exact) mass is 684 g/mol. The van der Waals surface area contributed by atoms with Crippen molar-refractivity contribution in [1.29, 1.82) is 0 Å². The van der Waals surface area contributed by atoms with Crippen molar-refractivity contribution < 1.29 is 0 Å². The van der Waals surface area contributed by atoms with Crippen molar-refractivity contribution in [3.8, 4) is 0 Å². The second-order valence-electron chi connectivity index (χ2n) is 15.9. The van der Waals surface area contributed by atoms with Gasteiger partial charge < -0.3 is 9.80 Å². The molecule has 0 bridgehead atoms. The number of hydrogen-bond acceptors (Lipinski definition) is 2. The summed E-state index contributed by atoms with van der Waals surface area (Å²) in [5.41, 5.74) is 19.4. The van der Waals surface area contributed by atoms with Crippen LogP contribution in [0.1, 0.15) is 60.1 Å². The van der Waals surface area contributed by atoms with E-state index in [1.54, 1.807) is 0 Å². The van der Waals surface area contributed by atoms with Gasteiger partial charge in [0, 0.05) is 40.0 Å². The van der Waals surface area contributed by atoms with Gasteiger partial charge in [0.2, 0.25) is 0 Å². The highest BCUT2D eigenvalue weighted by Crippen LogP contribution is 2.48. The van der Waals surface area contributed by atoms with E-state index in [-0.39, 0.29) is 18.0 Å². The van der Waals surface area contributed by atoms with Gasteiger partial charge in [-0.05, 0) is 112 Å². The van der Waals surface area contributed by atoms with E-state index >= 15 is 0 Å². The second kappa shape index (κ2) is 13.0. The third kappa shape index (κ3) is 5.67. The Balaban J connectivity index is 1.41. The van der Waals surface area contributed by atoms with Gasteiger partial charge in [0.1, 0.15) is 0 Å². The van der Waals surface area contributed by atoms with Crippen molar-refractivity contribution >= 4 is 57.2 Å². The number of rotatable bonds is 6. The molecule has 7 aromatic rings. The molecule has 2 nitrogen and oxygen atoms in total. The largest absolute Gasteiger partial charge is 0.311 e. The summed E-state index contributed by atoms with van der Waals surface area (Å²) in [6, 6.07) is 61.2. The molecule has 53 heavy (non-hydrogen) atoms. The van der Waals surface area contributed by atoms with Crippen LogP contribution in [0, 0.1) is 13.8 Å². The second-order valence-corrected chi connectivity index (χ2v) is 15.9. The predicted octanol–water partition coefficient (Wildman–Crippen LogP) is 11.1. The van der Waals surface area contributed by atoms with E-state index in [2.05, 4.69) is 208 Å². The molecule has 9 rings (SSSR count). The topological polar surface area (TPSA) is 6.48 Å². The Morgan fingerprint density at radius 1 is 0.509 bits per heavy atom. The minimum absolute atomic E-state index is 0.00145. The lowest BCUT2D eigenvalue weighted by molar-refractivity contribution is 0.590. The molecule has 0 radical (unpaired) electrons. The number of nitrogens with zero attached hydrogens (tertiary/aromatic N) is 2. The molecule has 0 spiro atoms. The fourth-order valence-corrected chi connectivity index (χ4v) is 8.79. The van der Waals surface area contributed by atoms with E-state index < -0.39 is 0 Å². The van der Waals surface area contributed by atoms with Gasteiger partial charge in [0.05, 0.1) is 0 Å². The lowest BCUT2D eigenvalue weighted by Crippen LogP contribution is -2.61. The van der Waals surface area contributed by atoms with Crippen LogP contribution in [0.25, 0.3) is 0 Å². The molecule has 0 fully saturated rings. The summed E-state index contributed by atoms with van der Waals surface area (Å²) in [5, 5.41) is 0. The number of aryl methyl sites for hydroxylation is 2. The average molecular weight is 685 g/mol. The molecule has 3 heteroatoms. The van der Waals surface area contributed by atoms with Crippen molar-refractivity contribution in [2.75, 3.05) is 9.80 Å². The van der Waals surface area contributed by atoms with Crippen molar-refractivity contribution in [2.24, 2.45) is 0 Å². The van der Waals surface area contributed by atoms with Crippen molar-refractivity contribution in [3.05, 3.63) is 197 Å². The summed E-state index contributed by atoms with van der Waals surface area (Å²) in [6.45, 7) is 11.6. The van der Waals surface area contributed by atoms with E-state index in [0.717, 1.165) is 6.42 Å². The normalized spacial score (nSPS) is 13.6. The number of hydrogen-bond donors (Lipinski definition) is 0. The quantitative estimate of drug-likeness (QED) is 0.161. The first kappa shape index (κ1) is 33.1. The zero-order valence-corrected chi connectivity index (χ0v) is 31.3. The Bertz CT molecular complexity index is 2450. The molecular weight excluding hydrogens is 639 g/mol. The zero-order chi connectivity index (χ0) is 36.3. The third-order valence-electron chi connectivity index (χ3n) is 11.4. The SMILES string of the molecule is Cc1ccccc1N1c2cc(C(Cc3ccccc3)c3ccccc3)cc3c2B(c2ccc(C(C)(C)C)cc2N3c2ccccc2)c2cccc(C)c21. The lowest BCUT2D eigenvalue weighted by atomic mass is 9.33. The molecule has 0 aliphatic carbocycles. The molecular formula is C50H45BN2. The summed E-state index contributed by atoms with van der Waals surface area (Å²) >= 11 is 0. The van der Waals surface area contributed by atoms with E-state index in [1.165, 1.54) is 83.9 Å². The van der Waals surface area contributed by atoms with Crippen molar-refractivity contribution in [3.63, 3.8) is 0 Å². The molecule has 2 aliphatic rings. The number of fused-ring (bicyclic) bond motifs is 4. The van der Waals surface area contributed by atoms with Crippen LogP contribution in [-0.2, 0) is 11.8 Å². The molecule has 2 aliphatic heterocycles. The molecule has 0 saturated heterocycles. The standard InChI is InChI=1S/C50H45BN2/c1-34-18-15-16-27-44(34)53-47-32-38(41(37-22-11-7-12-23-37)30-36-20-9-6-10-21-36)31-46-48(47)51(43-26-17-19-35(2)49(43)53)42-29-28-39(50(3,4)5)33-45(42)52(46)40-24-13-8-14-25-40/h6-29,31-33,41H,30H2,1-5H3. The van der Waals surface area contributed by atoms with Crippen LogP contribution in [0.2, 0.25) is 0 Å². The molecule has 0 N–H and O–H groups in total.